The summed E-state index contributed by atoms with van der Waals surface area (Å²) in [7, 11) is -3.68. The quantitative estimate of drug-likeness (QED) is 0.820. The Morgan fingerprint density at radius 2 is 2.00 bits per heavy atom. The van der Waals surface area contributed by atoms with E-state index in [4.69, 9.17) is 5.11 Å². The van der Waals surface area contributed by atoms with Crippen LogP contribution in [0.4, 0.5) is 5.69 Å². The standard InChI is InChI=1S/C11H13N3O3S/c1-2-14-7-11(12-8-14)18(16,17)13-9-3-5-10(15)6-4-9/h3-8,13,15H,2H2,1H3. The van der Waals surface area contributed by atoms with Crippen LogP contribution in [-0.4, -0.2) is 23.1 Å². The van der Waals surface area contributed by atoms with E-state index in [9.17, 15) is 8.42 Å². The number of phenols is 1. The van der Waals surface area contributed by atoms with E-state index >= 15 is 0 Å². The number of aromatic nitrogens is 2. The second-order valence-corrected chi connectivity index (χ2v) is 5.32. The Bertz CT molecular complexity index is 632. The zero-order chi connectivity index (χ0) is 13.2. The molecule has 18 heavy (non-hydrogen) atoms. The molecule has 96 valence electrons. The van der Waals surface area contributed by atoms with Gasteiger partial charge >= 0.3 is 0 Å². The molecule has 0 saturated carbocycles. The maximum Gasteiger partial charge on any atom is 0.280 e. The number of rotatable bonds is 4. The highest BCUT2D eigenvalue weighted by molar-refractivity contribution is 7.92. The Labute approximate surface area is 105 Å². The molecule has 0 fully saturated rings. The van der Waals surface area contributed by atoms with Gasteiger partial charge in [-0.3, -0.25) is 4.72 Å². The number of aryl methyl sites for hydroxylation is 1. The number of nitrogens with one attached hydrogen (secondary N) is 1. The number of aromatic hydroxyl groups is 1. The zero-order valence-corrected chi connectivity index (χ0v) is 10.6. The van der Waals surface area contributed by atoms with Gasteiger partial charge in [0.15, 0.2) is 5.03 Å². The fraction of sp³-hybridized carbons (Fsp3) is 0.182. The van der Waals surface area contributed by atoms with Crippen LogP contribution in [0.15, 0.2) is 41.8 Å². The average Bonchev–Trinajstić information content (AvgIpc) is 2.81. The molecule has 0 saturated heterocycles. The summed E-state index contributed by atoms with van der Waals surface area (Å²) >= 11 is 0. The topological polar surface area (TPSA) is 84.2 Å². The van der Waals surface area contributed by atoms with Gasteiger partial charge in [0.2, 0.25) is 0 Å². The molecule has 0 spiro atoms. The Morgan fingerprint density at radius 3 is 2.56 bits per heavy atom. The summed E-state index contributed by atoms with van der Waals surface area (Å²) in [5.74, 6) is 0.0770. The van der Waals surface area contributed by atoms with E-state index in [2.05, 4.69) is 9.71 Å². The van der Waals surface area contributed by atoms with E-state index in [-0.39, 0.29) is 10.8 Å². The van der Waals surface area contributed by atoms with Gasteiger partial charge in [-0.2, -0.15) is 8.42 Å². The van der Waals surface area contributed by atoms with Gasteiger partial charge in [-0.1, -0.05) is 0 Å². The maximum absolute atomic E-state index is 12.0. The van der Waals surface area contributed by atoms with Gasteiger partial charge in [-0.15, -0.1) is 0 Å². The Morgan fingerprint density at radius 1 is 1.33 bits per heavy atom. The lowest BCUT2D eigenvalue weighted by Crippen LogP contribution is -2.13. The predicted octanol–water partition coefficient (Wildman–Crippen LogP) is 1.41. The lowest BCUT2D eigenvalue weighted by Gasteiger charge is -2.05. The van der Waals surface area contributed by atoms with Crippen LogP contribution in [0.1, 0.15) is 6.92 Å². The van der Waals surface area contributed by atoms with Crippen LogP contribution in [-0.2, 0) is 16.6 Å². The van der Waals surface area contributed by atoms with E-state index < -0.39 is 10.0 Å². The largest absolute Gasteiger partial charge is 0.508 e. The molecule has 0 amide bonds. The zero-order valence-electron chi connectivity index (χ0n) is 9.74. The first-order chi connectivity index (χ1) is 8.51. The van der Waals surface area contributed by atoms with Gasteiger partial charge < -0.3 is 9.67 Å². The van der Waals surface area contributed by atoms with E-state index in [0.717, 1.165) is 0 Å². The Hall–Kier alpha value is -2.02. The van der Waals surface area contributed by atoms with Crippen LogP contribution in [0.5, 0.6) is 5.75 Å². The van der Waals surface area contributed by atoms with E-state index in [1.54, 1.807) is 4.57 Å². The minimum absolute atomic E-state index is 0.0302. The second-order valence-electron chi connectivity index (χ2n) is 3.69. The number of hydrogen-bond acceptors (Lipinski definition) is 4. The van der Waals surface area contributed by atoms with Crippen molar-refractivity contribution in [1.82, 2.24) is 9.55 Å². The molecule has 1 heterocycles. The molecule has 0 radical (unpaired) electrons. The molecule has 2 aromatic rings. The third kappa shape index (κ3) is 2.62. The first-order valence-corrected chi connectivity index (χ1v) is 6.83. The van der Waals surface area contributed by atoms with Crippen LogP contribution >= 0.6 is 0 Å². The van der Waals surface area contributed by atoms with Crippen LogP contribution in [0.25, 0.3) is 0 Å². The van der Waals surface area contributed by atoms with Gasteiger partial charge in [0.1, 0.15) is 5.75 Å². The number of nitrogens with zero attached hydrogens (tertiary/aromatic N) is 2. The van der Waals surface area contributed by atoms with Crippen molar-refractivity contribution in [3.63, 3.8) is 0 Å². The lowest BCUT2D eigenvalue weighted by molar-refractivity contribution is 0.475. The number of hydrogen-bond donors (Lipinski definition) is 2. The maximum atomic E-state index is 12.0. The molecular formula is C11H13N3O3S. The average molecular weight is 267 g/mol. The van der Waals surface area contributed by atoms with Crippen molar-refractivity contribution >= 4 is 15.7 Å². The molecule has 0 bridgehead atoms. The predicted molar refractivity (Wildman–Crippen MR) is 66.8 cm³/mol. The molecule has 0 aliphatic carbocycles. The monoisotopic (exact) mass is 267 g/mol. The highest BCUT2D eigenvalue weighted by atomic mass is 32.2. The van der Waals surface area contributed by atoms with Crippen molar-refractivity contribution in [2.45, 2.75) is 18.5 Å². The van der Waals surface area contributed by atoms with Crippen molar-refractivity contribution in [3.8, 4) is 5.75 Å². The molecule has 0 aliphatic heterocycles. The summed E-state index contributed by atoms with van der Waals surface area (Å²) in [5, 5.41) is 9.08. The normalized spacial score (nSPS) is 11.4. The molecule has 7 heteroatoms. The van der Waals surface area contributed by atoms with Crippen molar-refractivity contribution in [2.75, 3.05) is 4.72 Å². The van der Waals surface area contributed by atoms with Crippen LogP contribution in [0, 0.1) is 0 Å². The van der Waals surface area contributed by atoms with E-state index in [1.807, 2.05) is 6.92 Å². The van der Waals surface area contributed by atoms with Crippen LogP contribution in [0.3, 0.4) is 0 Å². The van der Waals surface area contributed by atoms with Gasteiger partial charge in [0.05, 0.1) is 6.33 Å². The molecule has 1 aromatic heterocycles. The minimum Gasteiger partial charge on any atom is -0.508 e. The smallest absolute Gasteiger partial charge is 0.280 e. The Kier molecular flexibility index (Phi) is 3.24. The van der Waals surface area contributed by atoms with Crippen LogP contribution in [0.2, 0.25) is 0 Å². The van der Waals surface area contributed by atoms with Gasteiger partial charge in [0, 0.05) is 18.4 Å². The fourth-order valence-corrected chi connectivity index (χ4v) is 2.40. The van der Waals surface area contributed by atoms with Gasteiger partial charge in [-0.05, 0) is 31.2 Å². The highest BCUT2D eigenvalue weighted by Gasteiger charge is 2.17. The Balaban J connectivity index is 2.24. The van der Waals surface area contributed by atoms with Gasteiger partial charge in [0.25, 0.3) is 10.0 Å². The molecule has 0 unspecified atom stereocenters. The second kappa shape index (κ2) is 4.69. The third-order valence-corrected chi connectivity index (χ3v) is 3.64. The molecular weight excluding hydrogens is 254 g/mol. The lowest BCUT2D eigenvalue weighted by atomic mass is 10.3. The van der Waals surface area contributed by atoms with Gasteiger partial charge in [-0.25, -0.2) is 4.98 Å². The first kappa shape index (κ1) is 12.4. The number of imidazole rings is 1. The van der Waals surface area contributed by atoms with Crippen LogP contribution < -0.4 is 4.72 Å². The number of anilines is 1. The summed E-state index contributed by atoms with van der Waals surface area (Å²) in [4.78, 5) is 3.84. The van der Waals surface area contributed by atoms with E-state index in [1.165, 1.54) is 36.8 Å². The molecule has 2 N–H and O–H groups in total. The third-order valence-electron chi connectivity index (χ3n) is 2.37. The summed E-state index contributed by atoms with van der Waals surface area (Å²) in [6.07, 6.45) is 2.92. The number of benzene rings is 1. The molecule has 6 nitrogen and oxygen atoms in total. The SMILES string of the molecule is CCn1cnc(S(=O)(=O)Nc2ccc(O)cc2)c1. The van der Waals surface area contributed by atoms with Crippen molar-refractivity contribution < 1.29 is 13.5 Å². The van der Waals surface area contributed by atoms with Crippen molar-refractivity contribution in [1.29, 1.82) is 0 Å². The summed E-state index contributed by atoms with van der Waals surface area (Å²) in [6, 6.07) is 5.76. The van der Waals surface area contributed by atoms with Crippen molar-refractivity contribution in [2.24, 2.45) is 0 Å². The molecule has 0 aliphatic rings. The van der Waals surface area contributed by atoms with E-state index in [0.29, 0.717) is 12.2 Å². The fourth-order valence-electron chi connectivity index (χ4n) is 1.39. The highest BCUT2D eigenvalue weighted by Crippen LogP contribution is 2.17. The molecule has 0 atom stereocenters. The number of phenolic OH excluding ortho intramolecular Hbond substituents is 1. The minimum atomic E-state index is -3.68. The molecule has 2 rings (SSSR count). The summed E-state index contributed by atoms with van der Waals surface area (Å²) in [5.41, 5.74) is 0.374. The summed E-state index contributed by atoms with van der Waals surface area (Å²) < 4.78 is 28.0. The summed E-state index contributed by atoms with van der Waals surface area (Å²) in [6.45, 7) is 2.55. The van der Waals surface area contributed by atoms with Crippen molar-refractivity contribution in [3.05, 3.63) is 36.8 Å². The first-order valence-electron chi connectivity index (χ1n) is 5.35. The number of sulfonamides is 1. The molecule has 1 aromatic carbocycles.